The zero-order chi connectivity index (χ0) is 26.3. The van der Waals surface area contributed by atoms with Crippen LogP contribution in [-0.4, -0.2) is 51.1 Å². The Hall–Kier alpha value is -4.51. The lowest BCUT2D eigenvalue weighted by Crippen LogP contribution is -2.66. The Morgan fingerprint density at radius 3 is 2.61 bits per heavy atom. The predicted molar refractivity (Wildman–Crippen MR) is 132 cm³/mol. The number of carbonyl (C=O) groups excluding carboxylic acids is 1. The molecular formula is C27H20F2N4O5. The van der Waals surface area contributed by atoms with Gasteiger partial charge in [0.15, 0.2) is 28.5 Å². The minimum Gasteiger partial charge on any atom is -0.502 e. The van der Waals surface area contributed by atoms with Crippen molar-refractivity contribution in [1.82, 2.24) is 14.1 Å². The number of nitrogens with zero attached hydrogens (tertiary/aromatic N) is 4. The number of amides is 1. The van der Waals surface area contributed by atoms with Crippen molar-refractivity contribution in [2.75, 3.05) is 24.8 Å². The topological polar surface area (TPSA) is 97.0 Å². The number of para-hydroxylation sites is 1. The third-order valence-electron chi connectivity index (χ3n) is 7.61. The zero-order valence-corrected chi connectivity index (χ0v) is 19.8. The van der Waals surface area contributed by atoms with Crippen LogP contribution in [0.15, 0.2) is 64.4 Å². The Kier molecular flexibility index (Phi) is 4.77. The van der Waals surface area contributed by atoms with Gasteiger partial charge in [-0.2, -0.15) is 0 Å². The molecular weight excluding hydrogens is 498 g/mol. The molecule has 9 nitrogen and oxygen atoms in total. The van der Waals surface area contributed by atoms with Crippen molar-refractivity contribution in [1.29, 1.82) is 0 Å². The van der Waals surface area contributed by atoms with Crippen LogP contribution in [0.5, 0.6) is 5.75 Å². The van der Waals surface area contributed by atoms with E-state index in [2.05, 4.69) is 0 Å². The molecule has 1 N–H and O–H groups in total. The summed E-state index contributed by atoms with van der Waals surface area (Å²) in [5, 5.41) is 12.8. The fourth-order valence-electron chi connectivity index (χ4n) is 5.93. The number of carbonyl (C=O) groups is 1. The van der Waals surface area contributed by atoms with Crippen LogP contribution in [0.4, 0.5) is 8.78 Å². The van der Waals surface area contributed by atoms with E-state index in [1.54, 1.807) is 34.0 Å². The minimum absolute atomic E-state index is 0.0385. The van der Waals surface area contributed by atoms with Gasteiger partial charge in [-0.1, -0.05) is 18.2 Å². The molecule has 2 aromatic heterocycles. The van der Waals surface area contributed by atoms with Crippen LogP contribution in [0, 0.1) is 11.6 Å². The van der Waals surface area contributed by atoms with Crippen molar-refractivity contribution < 1.29 is 23.4 Å². The summed E-state index contributed by atoms with van der Waals surface area (Å²) < 4.78 is 38.8. The summed E-state index contributed by atoms with van der Waals surface area (Å²) in [6, 6.07) is 9.40. The quantitative estimate of drug-likeness (QED) is 0.415. The van der Waals surface area contributed by atoms with Crippen LogP contribution in [0.2, 0.25) is 0 Å². The molecule has 0 aliphatic carbocycles. The molecule has 3 aliphatic heterocycles. The summed E-state index contributed by atoms with van der Waals surface area (Å²) >= 11 is 0. The Labute approximate surface area is 213 Å². The Morgan fingerprint density at radius 2 is 1.76 bits per heavy atom. The second kappa shape index (κ2) is 7.99. The average Bonchev–Trinajstić information content (AvgIpc) is 3.06. The van der Waals surface area contributed by atoms with Gasteiger partial charge in [-0.25, -0.2) is 8.78 Å². The number of ether oxygens (including phenoxy) is 1. The highest BCUT2D eigenvalue weighted by atomic mass is 19.2. The van der Waals surface area contributed by atoms with Crippen molar-refractivity contribution in [2.24, 2.45) is 0 Å². The normalized spacial score (nSPS) is 20.1. The Bertz CT molecular complexity index is 1800. The number of benzene rings is 2. The van der Waals surface area contributed by atoms with E-state index in [4.69, 9.17) is 4.74 Å². The molecule has 7 rings (SSSR count). The molecule has 0 radical (unpaired) electrons. The molecule has 1 amide bonds. The van der Waals surface area contributed by atoms with Crippen molar-refractivity contribution in [3.8, 4) is 5.75 Å². The van der Waals surface area contributed by atoms with Crippen LogP contribution in [0.3, 0.4) is 0 Å². The summed E-state index contributed by atoms with van der Waals surface area (Å²) in [7, 11) is 0. The molecule has 2 atom stereocenters. The Morgan fingerprint density at radius 1 is 0.947 bits per heavy atom. The van der Waals surface area contributed by atoms with Gasteiger partial charge in [0.2, 0.25) is 5.43 Å². The summed E-state index contributed by atoms with van der Waals surface area (Å²) in [5.74, 6) is -3.27. The molecule has 3 aliphatic rings. The SMILES string of the molecule is O=C1c2c(O)c(=O)ccn2N(C2c3ccc(F)c(F)c3Cn3ccc(=O)c4cccc2c43)C2COCCN12. The maximum Gasteiger partial charge on any atom is 0.278 e. The monoisotopic (exact) mass is 518 g/mol. The molecule has 4 aromatic rings. The third kappa shape index (κ3) is 2.96. The van der Waals surface area contributed by atoms with Crippen LogP contribution in [-0.2, 0) is 11.3 Å². The molecule has 2 aromatic carbocycles. The van der Waals surface area contributed by atoms with Crippen LogP contribution in [0.1, 0.15) is 33.2 Å². The smallest absolute Gasteiger partial charge is 0.278 e. The maximum absolute atomic E-state index is 15.5. The van der Waals surface area contributed by atoms with Gasteiger partial charge in [0.05, 0.1) is 25.3 Å². The van der Waals surface area contributed by atoms with E-state index in [-0.39, 0.29) is 43.0 Å². The molecule has 0 bridgehead atoms. The lowest BCUT2D eigenvalue weighted by molar-refractivity contribution is -0.0196. The molecule has 0 spiro atoms. The lowest BCUT2D eigenvalue weighted by Gasteiger charge is -2.51. The average molecular weight is 518 g/mol. The molecule has 2 unspecified atom stereocenters. The van der Waals surface area contributed by atoms with E-state index in [0.29, 0.717) is 22.0 Å². The Balaban J connectivity index is 1.62. The lowest BCUT2D eigenvalue weighted by atomic mass is 9.92. The van der Waals surface area contributed by atoms with Crippen LogP contribution < -0.4 is 15.9 Å². The first-order chi connectivity index (χ1) is 18.4. The first-order valence-corrected chi connectivity index (χ1v) is 12.1. The van der Waals surface area contributed by atoms with Gasteiger partial charge in [-0.3, -0.25) is 24.1 Å². The minimum atomic E-state index is -1.01. The van der Waals surface area contributed by atoms with Gasteiger partial charge in [-0.05, 0) is 17.7 Å². The van der Waals surface area contributed by atoms with Crippen molar-refractivity contribution in [3.05, 3.63) is 109 Å². The molecule has 192 valence electrons. The van der Waals surface area contributed by atoms with Crippen molar-refractivity contribution in [2.45, 2.75) is 18.8 Å². The van der Waals surface area contributed by atoms with Crippen LogP contribution >= 0.6 is 0 Å². The van der Waals surface area contributed by atoms with Crippen molar-refractivity contribution >= 4 is 16.8 Å². The van der Waals surface area contributed by atoms with Gasteiger partial charge < -0.3 is 19.3 Å². The molecule has 0 saturated carbocycles. The van der Waals surface area contributed by atoms with E-state index in [1.165, 1.54) is 27.9 Å². The number of pyridine rings is 2. The third-order valence-corrected chi connectivity index (χ3v) is 7.61. The van der Waals surface area contributed by atoms with Gasteiger partial charge in [0.1, 0.15) is 12.2 Å². The standard InChI is InChI=1S/C27H20F2N4O5/c28-18-5-4-14-17(22(18)29)12-30-8-6-19(34)15-2-1-3-16(23(15)30)24(14)33-21-13-38-11-10-31(21)27(37)25-26(36)20(35)7-9-32(25)33/h1-9,21,24,36H,10-13H2. The highest BCUT2D eigenvalue weighted by Gasteiger charge is 2.46. The largest absolute Gasteiger partial charge is 0.502 e. The highest BCUT2D eigenvalue weighted by molar-refractivity contribution is 5.96. The molecule has 11 heteroatoms. The number of rotatable bonds is 1. The second-order valence-corrected chi connectivity index (χ2v) is 9.54. The summed E-state index contributed by atoms with van der Waals surface area (Å²) in [5.41, 5.74) is 0.459. The maximum atomic E-state index is 15.5. The first kappa shape index (κ1) is 22.7. The van der Waals surface area contributed by atoms with E-state index >= 15 is 4.39 Å². The predicted octanol–water partition coefficient (Wildman–Crippen LogP) is 2.05. The van der Waals surface area contributed by atoms with E-state index in [0.717, 1.165) is 12.1 Å². The fraction of sp³-hybridized carbons (Fsp3) is 0.222. The number of morpholine rings is 1. The number of aromatic nitrogens is 2. The number of fused-ring (bicyclic) bond motifs is 3. The number of halogens is 2. The first-order valence-electron chi connectivity index (χ1n) is 12.1. The molecule has 5 heterocycles. The van der Waals surface area contributed by atoms with Gasteiger partial charge in [0, 0.05) is 47.6 Å². The van der Waals surface area contributed by atoms with E-state index in [9.17, 15) is 23.9 Å². The number of hydrogen-bond acceptors (Lipinski definition) is 6. The fourth-order valence-corrected chi connectivity index (χ4v) is 5.93. The highest BCUT2D eigenvalue weighted by Crippen LogP contribution is 2.42. The van der Waals surface area contributed by atoms with Crippen LogP contribution in [0.25, 0.3) is 10.9 Å². The van der Waals surface area contributed by atoms with Gasteiger partial charge in [0.25, 0.3) is 5.91 Å². The molecule has 38 heavy (non-hydrogen) atoms. The zero-order valence-electron chi connectivity index (χ0n) is 19.8. The van der Waals surface area contributed by atoms with Gasteiger partial charge >= 0.3 is 0 Å². The second-order valence-electron chi connectivity index (χ2n) is 9.54. The van der Waals surface area contributed by atoms with E-state index in [1.807, 2.05) is 0 Å². The van der Waals surface area contributed by atoms with Crippen molar-refractivity contribution in [3.63, 3.8) is 0 Å². The van der Waals surface area contributed by atoms with Gasteiger partial charge in [-0.15, -0.1) is 0 Å². The number of hydrogen-bond donors (Lipinski definition) is 1. The molecule has 1 fully saturated rings. The summed E-state index contributed by atoms with van der Waals surface area (Å²) in [4.78, 5) is 40.2. The summed E-state index contributed by atoms with van der Waals surface area (Å²) in [6.07, 6.45) is 2.22. The summed E-state index contributed by atoms with van der Waals surface area (Å²) in [6.45, 7) is 0.497. The van der Waals surface area contributed by atoms with E-state index < -0.39 is 40.9 Å². The molecule has 1 saturated heterocycles. The number of aromatic hydroxyl groups is 1.